The van der Waals surface area contributed by atoms with Crippen LogP contribution < -0.4 is 10.1 Å². The molecule has 0 radical (unpaired) electrons. The van der Waals surface area contributed by atoms with E-state index >= 15 is 0 Å². The van der Waals surface area contributed by atoms with Gasteiger partial charge in [0, 0.05) is 32.5 Å². The number of hydrogen-bond donors (Lipinski definition) is 1. The zero-order chi connectivity index (χ0) is 17.1. The monoisotopic (exact) mass is 332 g/mol. The smallest absolute Gasteiger partial charge is 0.242 e. The predicted octanol–water partition coefficient (Wildman–Crippen LogP) is 2.05. The molecule has 24 heavy (non-hydrogen) atoms. The molecular weight excluding hydrogens is 304 g/mol. The van der Waals surface area contributed by atoms with E-state index in [0.717, 1.165) is 43.8 Å². The molecule has 1 N–H and O–H groups in total. The SMILES string of the molecule is Cc1ccc(C)c(OC2CCN(C(=O)[C@H]3NCCO[C@@H]3C)CC2)c1. The lowest BCUT2D eigenvalue weighted by atomic mass is 10.0. The van der Waals surface area contributed by atoms with E-state index < -0.39 is 0 Å². The Labute approximate surface area is 144 Å². The molecule has 1 aromatic carbocycles. The maximum Gasteiger partial charge on any atom is 0.242 e. The first-order valence-electron chi connectivity index (χ1n) is 8.92. The second kappa shape index (κ2) is 7.53. The standard InChI is InChI=1S/C19H28N2O3/c1-13-4-5-14(2)17(12-13)24-16-6-9-21(10-7-16)19(22)18-15(3)23-11-8-20-18/h4-5,12,15-16,18,20H,6-11H2,1-3H3/t15-,18+/m1/s1. The second-order valence-corrected chi connectivity index (χ2v) is 6.92. The lowest BCUT2D eigenvalue weighted by molar-refractivity contribution is -0.141. The molecule has 2 fully saturated rings. The molecule has 0 saturated carbocycles. The second-order valence-electron chi connectivity index (χ2n) is 6.92. The summed E-state index contributed by atoms with van der Waals surface area (Å²) in [4.78, 5) is 14.6. The van der Waals surface area contributed by atoms with Crippen LogP contribution in [0.3, 0.4) is 0 Å². The molecule has 0 unspecified atom stereocenters. The summed E-state index contributed by atoms with van der Waals surface area (Å²) in [5.41, 5.74) is 2.37. The summed E-state index contributed by atoms with van der Waals surface area (Å²) in [6.45, 7) is 9.03. The Kier molecular flexibility index (Phi) is 5.41. The third-order valence-electron chi connectivity index (χ3n) is 4.97. The Morgan fingerprint density at radius 2 is 2.04 bits per heavy atom. The Morgan fingerprint density at radius 3 is 2.75 bits per heavy atom. The molecule has 132 valence electrons. The number of likely N-dealkylation sites (tertiary alicyclic amines) is 1. The van der Waals surface area contributed by atoms with Crippen LogP contribution in [-0.4, -0.2) is 55.3 Å². The third kappa shape index (κ3) is 3.90. The van der Waals surface area contributed by atoms with Gasteiger partial charge in [-0.2, -0.15) is 0 Å². The van der Waals surface area contributed by atoms with Crippen LogP contribution in [0, 0.1) is 13.8 Å². The van der Waals surface area contributed by atoms with Gasteiger partial charge >= 0.3 is 0 Å². The fourth-order valence-corrected chi connectivity index (χ4v) is 3.41. The molecule has 0 bridgehead atoms. The molecule has 1 aromatic rings. The summed E-state index contributed by atoms with van der Waals surface area (Å²) in [5, 5.41) is 3.28. The van der Waals surface area contributed by atoms with Gasteiger partial charge in [0.15, 0.2) is 0 Å². The van der Waals surface area contributed by atoms with Gasteiger partial charge in [0.1, 0.15) is 17.9 Å². The van der Waals surface area contributed by atoms with Crippen LogP contribution in [-0.2, 0) is 9.53 Å². The van der Waals surface area contributed by atoms with Crippen LogP contribution in [0.2, 0.25) is 0 Å². The molecule has 5 heteroatoms. The van der Waals surface area contributed by atoms with Crippen molar-refractivity contribution >= 4 is 5.91 Å². The van der Waals surface area contributed by atoms with Gasteiger partial charge in [0.25, 0.3) is 0 Å². The van der Waals surface area contributed by atoms with Crippen molar-refractivity contribution < 1.29 is 14.3 Å². The average molecular weight is 332 g/mol. The van der Waals surface area contributed by atoms with Crippen LogP contribution >= 0.6 is 0 Å². The van der Waals surface area contributed by atoms with Crippen molar-refractivity contribution in [2.24, 2.45) is 0 Å². The Balaban J connectivity index is 1.54. The highest BCUT2D eigenvalue weighted by atomic mass is 16.5. The van der Waals surface area contributed by atoms with E-state index in [9.17, 15) is 4.79 Å². The average Bonchev–Trinajstić information content (AvgIpc) is 2.59. The Bertz CT molecular complexity index is 582. The molecule has 2 atom stereocenters. The van der Waals surface area contributed by atoms with Crippen LogP contribution in [0.1, 0.15) is 30.9 Å². The molecule has 0 spiro atoms. The quantitative estimate of drug-likeness (QED) is 0.920. The predicted molar refractivity (Wildman–Crippen MR) is 93.4 cm³/mol. The van der Waals surface area contributed by atoms with Crippen molar-refractivity contribution in [1.82, 2.24) is 10.2 Å². The van der Waals surface area contributed by atoms with Crippen molar-refractivity contribution in [2.45, 2.75) is 51.9 Å². The minimum absolute atomic E-state index is 0.0600. The summed E-state index contributed by atoms with van der Waals surface area (Å²) in [5.74, 6) is 1.13. The van der Waals surface area contributed by atoms with Gasteiger partial charge in [0.05, 0.1) is 12.7 Å². The highest BCUT2D eigenvalue weighted by Crippen LogP contribution is 2.24. The number of nitrogens with one attached hydrogen (secondary N) is 1. The van der Waals surface area contributed by atoms with E-state index in [1.54, 1.807) is 0 Å². The largest absolute Gasteiger partial charge is 0.490 e. The van der Waals surface area contributed by atoms with Crippen LogP contribution in [0.5, 0.6) is 5.75 Å². The topological polar surface area (TPSA) is 50.8 Å². The Morgan fingerprint density at radius 1 is 1.29 bits per heavy atom. The fraction of sp³-hybridized carbons (Fsp3) is 0.632. The molecule has 0 aliphatic carbocycles. The van der Waals surface area contributed by atoms with E-state index in [4.69, 9.17) is 9.47 Å². The summed E-state index contributed by atoms with van der Waals surface area (Å²) in [7, 11) is 0. The summed E-state index contributed by atoms with van der Waals surface area (Å²) in [6, 6.07) is 6.08. The minimum Gasteiger partial charge on any atom is -0.490 e. The molecule has 5 nitrogen and oxygen atoms in total. The van der Waals surface area contributed by atoms with E-state index in [1.165, 1.54) is 5.56 Å². The first-order chi connectivity index (χ1) is 11.5. The van der Waals surface area contributed by atoms with Gasteiger partial charge in [0.2, 0.25) is 5.91 Å². The number of carbonyl (C=O) groups excluding carboxylic acids is 1. The number of nitrogens with zero attached hydrogens (tertiary/aromatic N) is 1. The number of benzene rings is 1. The highest BCUT2D eigenvalue weighted by Gasteiger charge is 2.33. The number of hydrogen-bond acceptors (Lipinski definition) is 4. The van der Waals surface area contributed by atoms with Crippen LogP contribution in [0.4, 0.5) is 0 Å². The van der Waals surface area contributed by atoms with E-state index in [2.05, 4.69) is 37.4 Å². The number of ether oxygens (including phenoxy) is 2. The van der Waals surface area contributed by atoms with Crippen molar-refractivity contribution in [3.05, 3.63) is 29.3 Å². The third-order valence-corrected chi connectivity index (χ3v) is 4.97. The molecule has 1 amide bonds. The first kappa shape index (κ1) is 17.2. The summed E-state index contributed by atoms with van der Waals surface area (Å²) < 4.78 is 11.8. The minimum atomic E-state index is -0.213. The van der Waals surface area contributed by atoms with Gasteiger partial charge in [-0.3, -0.25) is 4.79 Å². The van der Waals surface area contributed by atoms with Crippen molar-refractivity contribution in [3.63, 3.8) is 0 Å². The molecule has 2 saturated heterocycles. The number of piperidine rings is 1. The maximum atomic E-state index is 12.7. The van der Waals surface area contributed by atoms with Gasteiger partial charge in [-0.05, 0) is 38.0 Å². The summed E-state index contributed by atoms with van der Waals surface area (Å²) >= 11 is 0. The molecule has 0 aromatic heterocycles. The van der Waals surface area contributed by atoms with Crippen molar-refractivity contribution in [3.8, 4) is 5.75 Å². The Hall–Kier alpha value is -1.59. The lowest BCUT2D eigenvalue weighted by Gasteiger charge is -2.37. The van der Waals surface area contributed by atoms with E-state index in [1.807, 2.05) is 11.8 Å². The van der Waals surface area contributed by atoms with Crippen molar-refractivity contribution in [2.75, 3.05) is 26.2 Å². The molecular formula is C19H28N2O3. The molecule has 2 heterocycles. The van der Waals surface area contributed by atoms with Gasteiger partial charge < -0.3 is 19.7 Å². The van der Waals surface area contributed by atoms with Gasteiger partial charge in [-0.15, -0.1) is 0 Å². The first-order valence-corrected chi connectivity index (χ1v) is 8.92. The number of amides is 1. The van der Waals surface area contributed by atoms with Gasteiger partial charge in [-0.1, -0.05) is 12.1 Å². The lowest BCUT2D eigenvalue weighted by Crippen LogP contribution is -2.57. The van der Waals surface area contributed by atoms with Crippen molar-refractivity contribution in [1.29, 1.82) is 0 Å². The van der Waals surface area contributed by atoms with Gasteiger partial charge in [-0.25, -0.2) is 0 Å². The van der Waals surface area contributed by atoms with Crippen LogP contribution in [0.25, 0.3) is 0 Å². The van der Waals surface area contributed by atoms with E-state index in [0.29, 0.717) is 6.61 Å². The highest BCUT2D eigenvalue weighted by molar-refractivity contribution is 5.82. The normalized spacial score (nSPS) is 25.5. The zero-order valence-electron chi connectivity index (χ0n) is 14.9. The van der Waals surface area contributed by atoms with Crippen LogP contribution in [0.15, 0.2) is 18.2 Å². The zero-order valence-corrected chi connectivity index (χ0v) is 14.9. The molecule has 3 rings (SSSR count). The molecule has 2 aliphatic heterocycles. The maximum absolute atomic E-state index is 12.7. The van der Waals surface area contributed by atoms with E-state index in [-0.39, 0.29) is 24.2 Å². The summed E-state index contributed by atoms with van der Waals surface area (Å²) in [6.07, 6.45) is 1.88. The number of aryl methyl sites for hydroxylation is 2. The number of carbonyl (C=O) groups is 1. The molecule has 2 aliphatic rings. The number of rotatable bonds is 3. The fourth-order valence-electron chi connectivity index (χ4n) is 3.41. The number of morpholine rings is 1.